The molecule has 6 aromatic heterocycles. The number of hydrogen-bond donors (Lipinski definition) is 0. The Morgan fingerprint density at radius 2 is 0.905 bits per heavy atom. The minimum absolute atomic E-state index is 0.873. The Bertz CT molecular complexity index is 4990. The highest BCUT2D eigenvalue weighted by Crippen LogP contribution is 2.48. The van der Waals surface area contributed by atoms with Gasteiger partial charge in [-0.3, -0.25) is 0 Å². The van der Waals surface area contributed by atoms with Gasteiger partial charge in [0.2, 0.25) is 0 Å². The maximum atomic E-state index is 6.67. The second-order valence-corrected chi connectivity index (χ2v) is 19.9. The number of anilines is 5. The highest BCUT2D eigenvalue weighted by atomic mass is 16.3. The largest absolute Gasteiger partial charge is 0.464 e. The Morgan fingerprint density at radius 3 is 1.57 bits per heavy atom. The fourth-order valence-corrected chi connectivity index (χ4v) is 12.2. The molecular weight excluding hydrogens is 905 g/mol. The summed E-state index contributed by atoms with van der Waals surface area (Å²) in [5, 5.41) is 13.3. The van der Waals surface area contributed by atoms with E-state index in [-0.39, 0.29) is 0 Å². The van der Waals surface area contributed by atoms with E-state index < -0.39 is 0 Å². The molecular formula is C68H44N4O2. The molecule has 0 aliphatic carbocycles. The van der Waals surface area contributed by atoms with Crippen molar-refractivity contribution in [2.75, 3.05) is 9.80 Å². The third-order valence-corrected chi connectivity index (χ3v) is 15.6. The van der Waals surface area contributed by atoms with Crippen molar-refractivity contribution in [3.8, 4) is 0 Å². The fourth-order valence-electron chi connectivity index (χ4n) is 12.2. The van der Waals surface area contributed by atoms with Gasteiger partial charge in [-0.05, 0) is 111 Å². The van der Waals surface area contributed by atoms with Crippen LogP contribution in [0.3, 0.4) is 0 Å². The van der Waals surface area contributed by atoms with Crippen molar-refractivity contribution in [1.29, 1.82) is 0 Å². The number of hydrogen-bond acceptors (Lipinski definition) is 4. The topological polar surface area (TPSA) is 41.6 Å². The van der Waals surface area contributed by atoms with Crippen LogP contribution in [-0.2, 0) is 0 Å². The molecule has 0 amide bonds. The average molecular weight is 949 g/mol. The molecule has 16 aromatic rings. The highest BCUT2D eigenvalue weighted by Gasteiger charge is 2.25. The lowest BCUT2D eigenvalue weighted by atomic mass is 10.0. The first-order valence-corrected chi connectivity index (χ1v) is 25.3. The standard InChI is InChI=1S/C68H44N4O2/c1-41-23-27-44(28-24-41)69(35-8-7-12-43-40-73-64-21-5-3-13-48(43)64)46-31-33-59-55(36-46)50-15-9-17-52-57-39-63-58(38-62(57)71(59)66(50)52)53-18-10-16-51-56-37-47(32-34-60(56)72(63)67(51)53)70(45-29-25-42(2)26-30-45)61-20-11-19-54-49-14-4-6-22-65(49)74-68(54)61/h3-40H,1-2H3/b12-7-,35-8+. The van der Waals surface area contributed by atoms with Crippen LogP contribution in [0.15, 0.2) is 234 Å². The fraction of sp³-hybridized carbons (Fsp3) is 0.0294. The van der Waals surface area contributed by atoms with Crippen LogP contribution in [0, 0.1) is 13.8 Å². The van der Waals surface area contributed by atoms with Gasteiger partial charge in [-0.25, -0.2) is 0 Å². The number of aryl methyl sites for hydroxylation is 2. The number of para-hydroxylation sites is 5. The van der Waals surface area contributed by atoms with Crippen molar-refractivity contribution in [2.45, 2.75) is 13.8 Å². The van der Waals surface area contributed by atoms with E-state index in [1.54, 1.807) is 0 Å². The van der Waals surface area contributed by atoms with E-state index in [2.05, 4.69) is 233 Å². The summed E-state index contributed by atoms with van der Waals surface area (Å²) in [6.07, 6.45) is 10.3. The van der Waals surface area contributed by atoms with Gasteiger partial charge in [-0.1, -0.05) is 132 Å². The first kappa shape index (κ1) is 40.9. The van der Waals surface area contributed by atoms with Crippen LogP contribution in [0.5, 0.6) is 0 Å². The number of allylic oxidation sites excluding steroid dienone is 2. The predicted octanol–water partition coefficient (Wildman–Crippen LogP) is 19.1. The molecule has 0 radical (unpaired) electrons. The number of fused-ring (bicyclic) bond motifs is 16. The van der Waals surface area contributed by atoms with E-state index in [4.69, 9.17) is 8.83 Å². The lowest BCUT2D eigenvalue weighted by Crippen LogP contribution is -2.10. The normalized spacial score (nSPS) is 12.6. The monoisotopic (exact) mass is 948 g/mol. The van der Waals surface area contributed by atoms with E-state index >= 15 is 0 Å². The van der Waals surface area contributed by atoms with E-state index in [0.29, 0.717) is 0 Å². The summed E-state index contributed by atoms with van der Waals surface area (Å²) in [4.78, 5) is 4.63. The molecule has 16 rings (SSSR count). The molecule has 6 heteroatoms. The average Bonchev–Trinajstić information content (AvgIpc) is 4.35. The maximum absolute atomic E-state index is 6.67. The minimum Gasteiger partial charge on any atom is -0.464 e. The van der Waals surface area contributed by atoms with Crippen LogP contribution in [0.25, 0.3) is 115 Å². The number of benzene rings is 10. The van der Waals surface area contributed by atoms with Crippen molar-refractivity contribution >= 4 is 144 Å². The second kappa shape index (κ2) is 15.4. The first-order chi connectivity index (χ1) is 36.5. The molecule has 10 aromatic carbocycles. The lowest BCUT2D eigenvalue weighted by Gasteiger charge is -2.26. The summed E-state index contributed by atoms with van der Waals surface area (Å²) in [5.41, 5.74) is 18.8. The van der Waals surface area contributed by atoms with Crippen LogP contribution >= 0.6 is 0 Å². The Hall–Kier alpha value is -9.78. The second-order valence-electron chi connectivity index (χ2n) is 19.9. The van der Waals surface area contributed by atoms with Crippen LogP contribution in [0.1, 0.15) is 16.7 Å². The van der Waals surface area contributed by atoms with Crippen LogP contribution < -0.4 is 9.80 Å². The summed E-state index contributed by atoms with van der Waals surface area (Å²) in [6, 6.07) is 72.9. The van der Waals surface area contributed by atoms with E-state index in [1.165, 1.54) is 87.3 Å². The zero-order chi connectivity index (χ0) is 48.8. The number of furan rings is 2. The van der Waals surface area contributed by atoms with Crippen molar-refractivity contribution in [3.05, 3.63) is 241 Å². The Balaban J connectivity index is 0.847. The smallest absolute Gasteiger partial charge is 0.159 e. The number of nitrogens with zero attached hydrogens (tertiary/aromatic N) is 4. The van der Waals surface area contributed by atoms with Gasteiger partial charge in [0, 0.05) is 93.8 Å². The Kier molecular flexibility index (Phi) is 8.49. The zero-order valence-electron chi connectivity index (χ0n) is 40.5. The van der Waals surface area contributed by atoms with Crippen LogP contribution in [0.4, 0.5) is 28.4 Å². The molecule has 0 unspecified atom stereocenters. The summed E-state index contributed by atoms with van der Waals surface area (Å²) in [6.45, 7) is 4.27. The van der Waals surface area contributed by atoms with Gasteiger partial charge >= 0.3 is 0 Å². The molecule has 0 spiro atoms. The molecule has 0 saturated carbocycles. The molecule has 0 N–H and O–H groups in total. The molecule has 0 saturated heterocycles. The predicted molar refractivity (Wildman–Crippen MR) is 310 cm³/mol. The van der Waals surface area contributed by atoms with Gasteiger partial charge in [-0.15, -0.1) is 0 Å². The van der Waals surface area contributed by atoms with Crippen molar-refractivity contribution < 1.29 is 8.83 Å². The molecule has 74 heavy (non-hydrogen) atoms. The van der Waals surface area contributed by atoms with Crippen LogP contribution in [-0.4, -0.2) is 8.80 Å². The Labute approximate surface area is 424 Å². The molecule has 0 atom stereocenters. The number of rotatable bonds is 8. The molecule has 0 bridgehead atoms. The minimum atomic E-state index is 0.873. The third-order valence-electron chi connectivity index (χ3n) is 15.6. The van der Waals surface area contributed by atoms with Gasteiger partial charge in [0.25, 0.3) is 0 Å². The van der Waals surface area contributed by atoms with E-state index in [1.807, 2.05) is 30.5 Å². The molecule has 0 aliphatic rings. The quantitative estimate of drug-likeness (QED) is 0.142. The van der Waals surface area contributed by atoms with Gasteiger partial charge in [0.05, 0.1) is 45.1 Å². The molecule has 0 aliphatic heterocycles. The summed E-state index contributed by atoms with van der Waals surface area (Å²) in [7, 11) is 0. The molecule has 0 fully saturated rings. The highest BCUT2D eigenvalue weighted by molar-refractivity contribution is 6.29. The summed E-state index contributed by atoms with van der Waals surface area (Å²) < 4.78 is 17.5. The van der Waals surface area contributed by atoms with Gasteiger partial charge in [0.1, 0.15) is 11.2 Å². The van der Waals surface area contributed by atoms with E-state index in [9.17, 15) is 0 Å². The van der Waals surface area contributed by atoms with Gasteiger partial charge < -0.3 is 27.4 Å². The third kappa shape index (κ3) is 5.82. The maximum Gasteiger partial charge on any atom is 0.159 e. The summed E-state index contributed by atoms with van der Waals surface area (Å²) >= 11 is 0. The van der Waals surface area contributed by atoms with Gasteiger partial charge in [0.15, 0.2) is 5.58 Å². The van der Waals surface area contributed by atoms with Crippen LogP contribution in [0.2, 0.25) is 0 Å². The first-order valence-electron chi connectivity index (χ1n) is 25.3. The van der Waals surface area contributed by atoms with Crippen molar-refractivity contribution in [1.82, 2.24) is 8.80 Å². The van der Waals surface area contributed by atoms with Crippen molar-refractivity contribution in [3.63, 3.8) is 0 Å². The summed E-state index contributed by atoms with van der Waals surface area (Å²) in [5.74, 6) is 0. The van der Waals surface area contributed by atoms with E-state index in [0.717, 1.165) is 66.9 Å². The lowest BCUT2D eigenvalue weighted by molar-refractivity contribution is 0.615. The Morgan fingerprint density at radius 1 is 0.392 bits per heavy atom. The molecule has 348 valence electrons. The molecule has 6 heterocycles. The van der Waals surface area contributed by atoms with Gasteiger partial charge in [-0.2, -0.15) is 0 Å². The molecule has 6 nitrogen and oxygen atoms in total. The zero-order valence-corrected chi connectivity index (χ0v) is 40.5. The number of aromatic nitrogens is 2. The SMILES string of the molecule is Cc1ccc(N(/C=C/C=C\c2coc3ccccc23)c2ccc3c(c2)c2cccc4c5cc6c(cc5n3c24)c2cccc3c4cc(N(c5ccc(C)cc5)c5cccc7c5oc5ccccc57)ccc4n6c32)cc1. The van der Waals surface area contributed by atoms with Crippen molar-refractivity contribution in [2.24, 2.45) is 0 Å².